The molecule has 6 heteroatoms. The molecule has 1 aliphatic rings. The second kappa shape index (κ2) is 6.18. The first-order valence-electron chi connectivity index (χ1n) is 6.68. The number of amides is 1. The highest BCUT2D eigenvalue weighted by Gasteiger charge is 2.31. The van der Waals surface area contributed by atoms with Crippen molar-refractivity contribution in [1.29, 1.82) is 5.26 Å². The van der Waals surface area contributed by atoms with Gasteiger partial charge in [0.05, 0.1) is 6.61 Å². The van der Waals surface area contributed by atoms with E-state index >= 15 is 0 Å². The van der Waals surface area contributed by atoms with Crippen LogP contribution in [0.25, 0.3) is 10.4 Å². The lowest BCUT2D eigenvalue weighted by molar-refractivity contribution is -0.125. The highest BCUT2D eigenvalue weighted by Crippen LogP contribution is 2.29. The maximum atomic E-state index is 11.0. The minimum Gasteiger partial charge on any atom is -0.488 e. The van der Waals surface area contributed by atoms with Crippen LogP contribution >= 0.6 is 11.3 Å². The van der Waals surface area contributed by atoms with Crippen LogP contribution in [0.1, 0.15) is 4.88 Å². The molecule has 3 rings (SSSR count). The highest BCUT2D eigenvalue weighted by molar-refractivity contribution is 7.16. The summed E-state index contributed by atoms with van der Waals surface area (Å²) in [5, 5.41) is 8.85. The summed E-state index contributed by atoms with van der Waals surface area (Å²) in [5.41, 5.74) is 6.21. The number of nitrogens with zero attached hydrogens (tertiary/aromatic N) is 1. The van der Waals surface area contributed by atoms with Crippen LogP contribution in [0, 0.1) is 17.8 Å². The molecule has 2 aromatic rings. The van der Waals surface area contributed by atoms with E-state index in [1.54, 1.807) is 12.5 Å². The van der Waals surface area contributed by atoms with E-state index in [1.807, 2.05) is 30.3 Å². The number of primary amides is 1. The van der Waals surface area contributed by atoms with Crippen molar-refractivity contribution < 1.29 is 14.3 Å². The molecule has 1 amide bonds. The number of thiophene rings is 1. The van der Waals surface area contributed by atoms with Gasteiger partial charge in [-0.1, -0.05) is 0 Å². The van der Waals surface area contributed by atoms with Crippen LogP contribution in [-0.4, -0.2) is 24.7 Å². The Morgan fingerprint density at radius 3 is 2.68 bits per heavy atom. The third kappa shape index (κ3) is 3.11. The fourth-order valence-electron chi connectivity index (χ4n) is 2.18. The zero-order valence-corrected chi connectivity index (χ0v) is 12.4. The Morgan fingerprint density at radius 2 is 2.09 bits per heavy atom. The van der Waals surface area contributed by atoms with E-state index in [0.29, 0.717) is 17.2 Å². The molecule has 111 valence electrons. The second-order valence-electron chi connectivity index (χ2n) is 4.81. The van der Waals surface area contributed by atoms with E-state index in [0.717, 1.165) is 10.4 Å². The normalized spacial score (nSPS) is 20.5. The van der Waals surface area contributed by atoms with Gasteiger partial charge >= 0.3 is 0 Å². The first-order chi connectivity index (χ1) is 10.7. The number of nitriles is 1. The average molecular weight is 313 g/mol. The molecule has 0 aliphatic carbocycles. The van der Waals surface area contributed by atoms with Crippen LogP contribution < -0.4 is 10.5 Å². The van der Waals surface area contributed by atoms with Crippen molar-refractivity contribution in [2.24, 2.45) is 5.73 Å². The Hall–Kier alpha value is -2.36. The maximum absolute atomic E-state index is 11.0. The Labute approximate surface area is 131 Å². The topological polar surface area (TPSA) is 85.3 Å². The molecule has 1 fully saturated rings. The van der Waals surface area contributed by atoms with Crippen molar-refractivity contribution in [1.82, 2.24) is 0 Å². The third-order valence-electron chi connectivity index (χ3n) is 3.25. The zero-order chi connectivity index (χ0) is 15.5. The molecule has 1 unspecified atom stereocenters. The van der Waals surface area contributed by atoms with Crippen molar-refractivity contribution in [3.05, 3.63) is 47.7 Å². The van der Waals surface area contributed by atoms with Gasteiger partial charge < -0.3 is 15.2 Å². The Kier molecular flexibility index (Phi) is 4.09. The molecule has 1 aromatic heterocycles. The SMILES string of the molecule is N#Cc1ccc(-c2ccc(O[C@H]3[CH]C(C(N)=O)OC3)cc2)s1. The minimum atomic E-state index is -0.681. The van der Waals surface area contributed by atoms with Gasteiger partial charge in [-0.05, 0) is 42.0 Å². The molecule has 2 N–H and O–H groups in total. The van der Waals surface area contributed by atoms with E-state index in [4.69, 9.17) is 20.5 Å². The fourth-order valence-corrected chi connectivity index (χ4v) is 2.99. The van der Waals surface area contributed by atoms with Crippen molar-refractivity contribution in [3.8, 4) is 22.3 Å². The molecule has 1 radical (unpaired) electrons. The monoisotopic (exact) mass is 313 g/mol. The molecule has 1 aliphatic heterocycles. The van der Waals surface area contributed by atoms with E-state index < -0.39 is 12.0 Å². The van der Waals surface area contributed by atoms with Crippen LogP contribution in [0.15, 0.2) is 36.4 Å². The van der Waals surface area contributed by atoms with Gasteiger partial charge in [0, 0.05) is 11.3 Å². The molecule has 1 saturated heterocycles. The average Bonchev–Trinajstić information content (AvgIpc) is 3.17. The van der Waals surface area contributed by atoms with Crippen LogP contribution in [0.4, 0.5) is 0 Å². The van der Waals surface area contributed by atoms with E-state index in [-0.39, 0.29) is 6.10 Å². The predicted molar refractivity (Wildman–Crippen MR) is 82.1 cm³/mol. The number of hydrogen-bond donors (Lipinski definition) is 1. The number of benzene rings is 1. The minimum absolute atomic E-state index is 0.282. The summed E-state index contributed by atoms with van der Waals surface area (Å²) >= 11 is 1.45. The van der Waals surface area contributed by atoms with Gasteiger partial charge in [-0.3, -0.25) is 4.79 Å². The van der Waals surface area contributed by atoms with Gasteiger partial charge in [-0.15, -0.1) is 11.3 Å². The second-order valence-corrected chi connectivity index (χ2v) is 5.89. The molecule has 0 saturated carbocycles. The molecule has 0 spiro atoms. The lowest BCUT2D eigenvalue weighted by atomic mass is 10.1. The van der Waals surface area contributed by atoms with Crippen molar-refractivity contribution in [2.45, 2.75) is 12.2 Å². The summed E-state index contributed by atoms with van der Waals surface area (Å²) in [7, 11) is 0. The van der Waals surface area contributed by atoms with Crippen LogP contribution in [0.5, 0.6) is 5.75 Å². The Morgan fingerprint density at radius 1 is 1.32 bits per heavy atom. The fraction of sp³-hybridized carbons (Fsp3) is 0.188. The van der Waals surface area contributed by atoms with Gasteiger partial charge in [0.2, 0.25) is 5.91 Å². The Balaban J connectivity index is 1.65. The number of hydrogen-bond acceptors (Lipinski definition) is 5. The van der Waals surface area contributed by atoms with Crippen LogP contribution in [0.2, 0.25) is 0 Å². The van der Waals surface area contributed by atoms with Crippen molar-refractivity contribution >= 4 is 17.2 Å². The largest absolute Gasteiger partial charge is 0.488 e. The number of carbonyl (C=O) groups is 1. The van der Waals surface area contributed by atoms with Gasteiger partial charge in [-0.2, -0.15) is 5.26 Å². The zero-order valence-electron chi connectivity index (χ0n) is 11.6. The number of ether oxygens (including phenoxy) is 2. The first-order valence-corrected chi connectivity index (χ1v) is 7.50. The molecule has 0 bridgehead atoms. The van der Waals surface area contributed by atoms with Crippen molar-refractivity contribution in [3.63, 3.8) is 0 Å². The lowest BCUT2D eigenvalue weighted by Crippen LogP contribution is -2.28. The maximum Gasteiger partial charge on any atom is 0.247 e. The van der Waals surface area contributed by atoms with Crippen molar-refractivity contribution in [2.75, 3.05) is 6.61 Å². The van der Waals surface area contributed by atoms with Gasteiger partial charge in [0.15, 0.2) is 0 Å². The third-order valence-corrected chi connectivity index (χ3v) is 4.29. The van der Waals surface area contributed by atoms with E-state index in [1.165, 1.54) is 11.3 Å². The molecular formula is C16H13N2O3S. The van der Waals surface area contributed by atoms with Crippen LogP contribution in [-0.2, 0) is 9.53 Å². The van der Waals surface area contributed by atoms with Gasteiger partial charge in [-0.25, -0.2) is 0 Å². The summed E-state index contributed by atoms with van der Waals surface area (Å²) < 4.78 is 11.0. The number of rotatable bonds is 4. The first kappa shape index (κ1) is 14.6. The highest BCUT2D eigenvalue weighted by atomic mass is 32.1. The molecule has 1 aromatic carbocycles. The quantitative estimate of drug-likeness (QED) is 0.937. The molecule has 22 heavy (non-hydrogen) atoms. The smallest absolute Gasteiger partial charge is 0.247 e. The molecule has 2 heterocycles. The number of carbonyl (C=O) groups excluding carboxylic acids is 1. The number of nitrogens with two attached hydrogens (primary N) is 1. The van der Waals surface area contributed by atoms with E-state index in [2.05, 4.69) is 6.07 Å². The summed E-state index contributed by atoms with van der Waals surface area (Å²) in [6.07, 6.45) is 0.699. The summed E-state index contributed by atoms with van der Waals surface area (Å²) in [4.78, 5) is 12.7. The standard InChI is InChI=1S/C16H13N2O3S/c17-8-13-5-6-15(22-13)10-1-3-11(4-2-10)21-12-7-14(16(18)19)20-9-12/h1-7,12,14H,9H2,(H2,18,19)/t12-,14?/m0/s1. The van der Waals surface area contributed by atoms with E-state index in [9.17, 15) is 4.79 Å². The summed E-state index contributed by atoms with van der Waals surface area (Å²) in [5.74, 6) is 0.184. The van der Waals surface area contributed by atoms with Gasteiger partial charge in [0.1, 0.15) is 28.9 Å². The van der Waals surface area contributed by atoms with Gasteiger partial charge in [0.25, 0.3) is 0 Å². The molecule has 5 nitrogen and oxygen atoms in total. The molecular weight excluding hydrogens is 300 g/mol. The van der Waals surface area contributed by atoms with Crippen LogP contribution in [0.3, 0.4) is 0 Å². The lowest BCUT2D eigenvalue weighted by Gasteiger charge is -2.11. The summed E-state index contributed by atoms with van der Waals surface area (Å²) in [6.45, 7) is 0.311. The molecule has 2 atom stereocenters. The predicted octanol–water partition coefficient (Wildman–Crippen LogP) is 2.12. The summed E-state index contributed by atoms with van der Waals surface area (Å²) in [6, 6.07) is 13.4. The Bertz CT molecular complexity index is 718.